The van der Waals surface area contributed by atoms with Gasteiger partial charge in [-0.3, -0.25) is 4.90 Å². The minimum atomic E-state index is 0.910. The maximum absolute atomic E-state index is 4.37. The minimum absolute atomic E-state index is 0.910. The summed E-state index contributed by atoms with van der Waals surface area (Å²) < 4.78 is 2.22. The second-order valence-electron chi connectivity index (χ2n) is 4.55. The Morgan fingerprint density at radius 3 is 3.00 bits per heavy atom. The van der Waals surface area contributed by atoms with Crippen molar-refractivity contribution in [2.75, 3.05) is 18.9 Å². The number of pyridine rings is 1. The number of nitrogens with zero attached hydrogens (tertiary/aromatic N) is 4. The molecule has 0 fully saturated rings. The first kappa shape index (κ1) is 11.2. The molecule has 0 spiro atoms. The second kappa shape index (κ2) is 4.78. The van der Waals surface area contributed by atoms with E-state index in [1.807, 2.05) is 25.5 Å². The predicted molar refractivity (Wildman–Crippen MR) is 70.1 cm³/mol. The Bertz CT molecular complexity index is 516. The van der Waals surface area contributed by atoms with Crippen molar-refractivity contribution in [1.82, 2.24) is 19.4 Å². The summed E-state index contributed by atoms with van der Waals surface area (Å²) in [4.78, 5) is 11.1. The van der Waals surface area contributed by atoms with Crippen LogP contribution < -0.4 is 5.32 Å². The van der Waals surface area contributed by atoms with Crippen LogP contribution in [0.4, 0.5) is 5.82 Å². The van der Waals surface area contributed by atoms with E-state index >= 15 is 0 Å². The monoisotopic (exact) mass is 243 g/mol. The van der Waals surface area contributed by atoms with E-state index in [1.165, 1.54) is 5.56 Å². The summed E-state index contributed by atoms with van der Waals surface area (Å²) >= 11 is 0. The van der Waals surface area contributed by atoms with Crippen LogP contribution >= 0.6 is 0 Å². The Morgan fingerprint density at radius 1 is 1.28 bits per heavy atom. The highest BCUT2D eigenvalue weighted by Crippen LogP contribution is 2.14. The number of hydrogen-bond acceptors (Lipinski definition) is 4. The molecule has 3 rings (SSSR count). The highest BCUT2D eigenvalue weighted by atomic mass is 15.2. The van der Waals surface area contributed by atoms with Gasteiger partial charge in [-0.25, -0.2) is 9.97 Å². The van der Waals surface area contributed by atoms with E-state index in [9.17, 15) is 0 Å². The molecule has 1 aliphatic rings. The van der Waals surface area contributed by atoms with Gasteiger partial charge >= 0.3 is 0 Å². The van der Waals surface area contributed by atoms with Crippen molar-refractivity contribution in [2.24, 2.45) is 0 Å². The van der Waals surface area contributed by atoms with E-state index in [1.54, 1.807) is 0 Å². The number of anilines is 1. The number of aromatic nitrogens is 3. The third-order valence-electron chi connectivity index (χ3n) is 3.31. The van der Waals surface area contributed by atoms with Gasteiger partial charge in [0.05, 0.1) is 6.54 Å². The molecule has 5 nitrogen and oxygen atoms in total. The topological polar surface area (TPSA) is 46.0 Å². The average Bonchev–Trinajstić information content (AvgIpc) is 2.87. The first-order valence-electron chi connectivity index (χ1n) is 6.20. The molecule has 0 aromatic carbocycles. The summed E-state index contributed by atoms with van der Waals surface area (Å²) in [6.45, 7) is 3.94. The molecular formula is C13H17N5. The lowest BCUT2D eigenvalue weighted by Crippen LogP contribution is -2.33. The van der Waals surface area contributed by atoms with E-state index in [0.29, 0.717) is 0 Å². The normalized spacial score (nSPS) is 15.4. The molecule has 0 atom stereocenters. The SMILES string of the molecule is CNc1ccc(CN2CCn3ccnc3C2)cn1. The lowest BCUT2D eigenvalue weighted by Gasteiger charge is -2.27. The van der Waals surface area contributed by atoms with Crippen LogP contribution in [-0.2, 0) is 19.6 Å². The van der Waals surface area contributed by atoms with Gasteiger partial charge in [-0.1, -0.05) is 6.07 Å². The van der Waals surface area contributed by atoms with Gasteiger partial charge in [0.25, 0.3) is 0 Å². The lowest BCUT2D eigenvalue weighted by molar-refractivity contribution is 0.208. The van der Waals surface area contributed by atoms with Gasteiger partial charge in [-0.2, -0.15) is 0 Å². The number of hydrogen-bond donors (Lipinski definition) is 1. The maximum Gasteiger partial charge on any atom is 0.125 e. The summed E-state index contributed by atoms with van der Waals surface area (Å²) in [5.41, 5.74) is 1.24. The number of fused-ring (bicyclic) bond motifs is 1. The van der Waals surface area contributed by atoms with Crippen LogP contribution in [0.1, 0.15) is 11.4 Å². The standard InChI is InChI=1S/C13H17N5/c1-14-12-3-2-11(8-16-12)9-17-6-7-18-5-4-15-13(18)10-17/h2-5,8H,6-7,9-10H2,1H3,(H,14,16). The minimum Gasteiger partial charge on any atom is -0.373 e. The van der Waals surface area contributed by atoms with Gasteiger partial charge in [0.1, 0.15) is 11.6 Å². The predicted octanol–water partition coefficient (Wildman–Crippen LogP) is 1.34. The van der Waals surface area contributed by atoms with E-state index in [-0.39, 0.29) is 0 Å². The molecule has 0 saturated heterocycles. The Kier molecular flexibility index (Phi) is 2.98. The van der Waals surface area contributed by atoms with E-state index < -0.39 is 0 Å². The van der Waals surface area contributed by atoms with E-state index in [0.717, 1.165) is 37.8 Å². The van der Waals surface area contributed by atoms with Crippen LogP contribution in [0.2, 0.25) is 0 Å². The molecule has 3 heterocycles. The van der Waals surface area contributed by atoms with Crippen LogP contribution in [0, 0.1) is 0 Å². The fourth-order valence-electron chi connectivity index (χ4n) is 2.28. The Morgan fingerprint density at radius 2 is 2.22 bits per heavy atom. The van der Waals surface area contributed by atoms with Gasteiger partial charge in [0.2, 0.25) is 0 Å². The molecule has 0 unspecified atom stereocenters. The first-order chi connectivity index (χ1) is 8.85. The molecule has 18 heavy (non-hydrogen) atoms. The largest absolute Gasteiger partial charge is 0.373 e. The smallest absolute Gasteiger partial charge is 0.125 e. The summed E-state index contributed by atoms with van der Waals surface area (Å²) in [7, 11) is 1.88. The Hall–Kier alpha value is -1.88. The molecule has 0 amide bonds. The molecule has 2 aromatic rings. The zero-order chi connectivity index (χ0) is 12.4. The van der Waals surface area contributed by atoms with Crippen LogP contribution in [-0.4, -0.2) is 33.0 Å². The molecule has 2 aromatic heterocycles. The van der Waals surface area contributed by atoms with Gasteiger partial charge in [-0.05, 0) is 11.6 Å². The lowest BCUT2D eigenvalue weighted by atomic mass is 10.2. The van der Waals surface area contributed by atoms with Crippen molar-refractivity contribution in [1.29, 1.82) is 0 Å². The van der Waals surface area contributed by atoms with E-state index in [2.05, 4.69) is 37.0 Å². The third kappa shape index (κ3) is 2.22. The van der Waals surface area contributed by atoms with Crippen LogP contribution in [0.25, 0.3) is 0 Å². The molecule has 94 valence electrons. The number of imidazole rings is 1. The highest BCUT2D eigenvalue weighted by molar-refractivity contribution is 5.34. The van der Waals surface area contributed by atoms with E-state index in [4.69, 9.17) is 0 Å². The van der Waals surface area contributed by atoms with Crippen LogP contribution in [0.15, 0.2) is 30.7 Å². The first-order valence-corrected chi connectivity index (χ1v) is 6.20. The average molecular weight is 243 g/mol. The molecule has 0 saturated carbocycles. The van der Waals surface area contributed by atoms with Gasteiger partial charge < -0.3 is 9.88 Å². The van der Waals surface area contributed by atoms with Gasteiger partial charge in [0.15, 0.2) is 0 Å². The summed E-state index contributed by atoms with van der Waals surface area (Å²) in [5.74, 6) is 2.06. The van der Waals surface area contributed by atoms with Crippen molar-refractivity contribution in [3.63, 3.8) is 0 Å². The summed E-state index contributed by atoms with van der Waals surface area (Å²) in [6.07, 6.45) is 5.87. The van der Waals surface area contributed by atoms with Crippen molar-refractivity contribution < 1.29 is 0 Å². The van der Waals surface area contributed by atoms with Crippen molar-refractivity contribution in [3.05, 3.63) is 42.1 Å². The molecule has 0 aliphatic carbocycles. The second-order valence-corrected chi connectivity index (χ2v) is 4.55. The quantitative estimate of drug-likeness (QED) is 0.883. The molecule has 0 radical (unpaired) electrons. The highest BCUT2D eigenvalue weighted by Gasteiger charge is 2.16. The summed E-state index contributed by atoms with van der Waals surface area (Å²) in [6, 6.07) is 4.14. The molecule has 0 bridgehead atoms. The fraction of sp³-hybridized carbons (Fsp3) is 0.385. The molecular weight excluding hydrogens is 226 g/mol. The van der Waals surface area contributed by atoms with Crippen molar-refractivity contribution >= 4 is 5.82 Å². The molecule has 1 N–H and O–H groups in total. The fourth-order valence-corrected chi connectivity index (χ4v) is 2.28. The van der Waals surface area contributed by atoms with Crippen molar-refractivity contribution in [2.45, 2.75) is 19.6 Å². The van der Waals surface area contributed by atoms with Gasteiger partial charge in [-0.15, -0.1) is 0 Å². The maximum atomic E-state index is 4.37. The number of rotatable bonds is 3. The van der Waals surface area contributed by atoms with Gasteiger partial charge in [0, 0.05) is 45.3 Å². The van der Waals surface area contributed by atoms with Crippen LogP contribution in [0.3, 0.4) is 0 Å². The summed E-state index contributed by atoms with van der Waals surface area (Å²) in [5, 5.41) is 3.03. The zero-order valence-corrected chi connectivity index (χ0v) is 10.5. The van der Waals surface area contributed by atoms with Crippen molar-refractivity contribution in [3.8, 4) is 0 Å². The van der Waals surface area contributed by atoms with Crippen LogP contribution in [0.5, 0.6) is 0 Å². The molecule has 1 aliphatic heterocycles. The zero-order valence-electron chi connectivity index (χ0n) is 10.5. The Balaban J connectivity index is 1.67. The molecule has 5 heteroatoms. The third-order valence-corrected chi connectivity index (χ3v) is 3.31. The number of nitrogens with one attached hydrogen (secondary N) is 1. The Labute approximate surface area is 106 Å².